The molecule has 2 aliphatic rings. The van der Waals surface area contributed by atoms with E-state index in [1.165, 1.54) is 5.75 Å². The maximum Gasteiger partial charge on any atom is 0.194 e. The number of rotatable bonds is 3. The van der Waals surface area contributed by atoms with E-state index >= 15 is 0 Å². The monoisotopic (exact) mass is 442 g/mol. The van der Waals surface area contributed by atoms with Crippen molar-refractivity contribution in [3.8, 4) is 0 Å². The Hall–Kier alpha value is 0.270. The third kappa shape index (κ3) is 6.41. The number of likely N-dealkylation sites (N-methyl/N-ethyl adjacent to an activating group) is 1. The van der Waals surface area contributed by atoms with Gasteiger partial charge in [-0.3, -0.25) is 4.99 Å². The summed E-state index contributed by atoms with van der Waals surface area (Å²) in [6, 6.07) is 0. The Kier molecular flexibility index (Phi) is 8.81. The van der Waals surface area contributed by atoms with E-state index in [1.807, 2.05) is 0 Å². The summed E-state index contributed by atoms with van der Waals surface area (Å²) in [7, 11) is 2.15. The Bertz CT molecular complexity index is 367. The summed E-state index contributed by atoms with van der Waals surface area (Å²) in [6.45, 7) is 13.4. The highest BCUT2D eigenvalue weighted by atomic mass is 127. The molecule has 0 saturated carbocycles. The molecule has 0 amide bonds. The van der Waals surface area contributed by atoms with Crippen LogP contribution in [0, 0.1) is 0 Å². The molecule has 0 radical (unpaired) electrons. The largest absolute Gasteiger partial charge is 0.374 e. The van der Waals surface area contributed by atoms with Crippen molar-refractivity contribution >= 4 is 41.7 Å². The number of ether oxygens (including phenoxy) is 1. The Labute approximate surface area is 156 Å². The van der Waals surface area contributed by atoms with Crippen molar-refractivity contribution in [3.05, 3.63) is 0 Å². The van der Waals surface area contributed by atoms with Crippen LogP contribution in [0.3, 0.4) is 0 Å². The van der Waals surface area contributed by atoms with Crippen molar-refractivity contribution in [2.75, 3.05) is 58.7 Å². The van der Waals surface area contributed by atoms with Gasteiger partial charge >= 0.3 is 0 Å². The topological polar surface area (TPSA) is 40.1 Å². The third-order valence-corrected chi connectivity index (χ3v) is 5.14. The van der Waals surface area contributed by atoms with Gasteiger partial charge in [-0.1, -0.05) is 0 Å². The van der Waals surface area contributed by atoms with Gasteiger partial charge in [0.25, 0.3) is 0 Å². The fourth-order valence-electron chi connectivity index (χ4n) is 2.79. The molecule has 2 saturated heterocycles. The van der Waals surface area contributed by atoms with Crippen molar-refractivity contribution < 1.29 is 4.74 Å². The average Bonchev–Trinajstić information content (AvgIpc) is 2.42. The molecule has 0 aliphatic carbocycles. The zero-order chi connectivity index (χ0) is 15.3. The summed E-state index contributed by atoms with van der Waals surface area (Å²) in [4.78, 5) is 9.54. The number of halogens is 1. The lowest BCUT2D eigenvalue weighted by Crippen LogP contribution is -2.51. The number of aliphatic imine (C=N–C) groups is 1. The number of hydrogen-bond acceptors (Lipinski definition) is 4. The summed E-state index contributed by atoms with van der Waals surface area (Å²) >= 11 is 2.05. The van der Waals surface area contributed by atoms with Gasteiger partial charge in [0, 0.05) is 43.2 Å². The summed E-state index contributed by atoms with van der Waals surface area (Å²) in [5.74, 6) is 2.21. The van der Waals surface area contributed by atoms with Crippen molar-refractivity contribution in [2.45, 2.75) is 31.6 Å². The maximum absolute atomic E-state index is 5.81. The number of hydrogen-bond donors (Lipinski definition) is 1. The lowest BCUT2D eigenvalue weighted by molar-refractivity contribution is -0.0137. The molecule has 0 spiro atoms. The zero-order valence-electron chi connectivity index (χ0n) is 14.3. The highest BCUT2D eigenvalue weighted by Gasteiger charge is 2.29. The fourth-order valence-corrected chi connectivity index (χ4v) is 3.90. The molecule has 2 fully saturated rings. The fraction of sp³-hybridized carbons (Fsp3) is 0.933. The van der Waals surface area contributed by atoms with E-state index < -0.39 is 0 Å². The predicted octanol–water partition coefficient (Wildman–Crippen LogP) is 1.73. The minimum absolute atomic E-state index is 0. The second-order valence-corrected chi connectivity index (χ2v) is 8.28. The van der Waals surface area contributed by atoms with E-state index in [0.29, 0.717) is 4.75 Å². The first kappa shape index (κ1) is 20.3. The molecule has 2 rings (SSSR count). The lowest BCUT2D eigenvalue weighted by atomic mass is 10.2. The second-order valence-electron chi connectivity index (χ2n) is 6.48. The van der Waals surface area contributed by atoms with Crippen LogP contribution in [0.2, 0.25) is 0 Å². The summed E-state index contributed by atoms with van der Waals surface area (Å²) in [5, 5.41) is 3.44. The van der Waals surface area contributed by atoms with Crippen LogP contribution in [0.1, 0.15) is 20.8 Å². The normalized spacial score (nSPS) is 26.5. The minimum Gasteiger partial charge on any atom is -0.374 e. The molecule has 1 atom stereocenters. The van der Waals surface area contributed by atoms with E-state index in [4.69, 9.17) is 9.73 Å². The quantitative estimate of drug-likeness (QED) is 0.410. The van der Waals surface area contributed by atoms with Crippen LogP contribution >= 0.6 is 35.7 Å². The number of thioether (sulfide) groups is 1. The first-order valence-corrected chi connectivity index (χ1v) is 8.96. The molecule has 2 aliphatic heterocycles. The van der Waals surface area contributed by atoms with Gasteiger partial charge in [0.2, 0.25) is 0 Å². The predicted molar refractivity (Wildman–Crippen MR) is 107 cm³/mol. The van der Waals surface area contributed by atoms with Crippen LogP contribution < -0.4 is 5.32 Å². The molecule has 1 unspecified atom stereocenters. The highest BCUT2D eigenvalue weighted by molar-refractivity contribution is 14.0. The van der Waals surface area contributed by atoms with Crippen molar-refractivity contribution in [3.63, 3.8) is 0 Å². The molecular weight excluding hydrogens is 411 g/mol. The van der Waals surface area contributed by atoms with Gasteiger partial charge in [-0.2, -0.15) is 11.8 Å². The number of nitrogens with zero attached hydrogens (tertiary/aromatic N) is 3. The Balaban J connectivity index is 0.00000242. The number of nitrogens with one attached hydrogen (secondary N) is 1. The first-order chi connectivity index (χ1) is 10.00. The van der Waals surface area contributed by atoms with Gasteiger partial charge in [-0.05, 0) is 27.8 Å². The molecule has 0 bridgehead atoms. The van der Waals surface area contributed by atoms with Crippen molar-refractivity contribution in [1.82, 2.24) is 15.1 Å². The van der Waals surface area contributed by atoms with Gasteiger partial charge < -0.3 is 19.9 Å². The summed E-state index contributed by atoms with van der Waals surface area (Å²) in [6.07, 6.45) is 0.226. The first-order valence-electron chi connectivity index (χ1n) is 7.97. The SMILES string of the molecule is CCNC(=NCC1CN(C)CCO1)N1CCSC(C)(C)C1.I. The standard InChI is InChI=1S/C15H30N4OS.HI/c1-5-16-14(19-7-9-21-15(2,3)12-19)17-10-13-11-18(4)6-8-20-13;/h13H,5-12H2,1-4H3,(H,16,17);1H. The molecule has 2 heterocycles. The van der Waals surface area contributed by atoms with Gasteiger partial charge in [-0.25, -0.2) is 0 Å². The summed E-state index contributed by atoms with van der Waals surface area (Å²) in [5.41, 5.74) is 0. The van der Waals surface area contributed by atoms with Crippen LogP contribution in [0.4, 0.5) is 0 Å². The van der Waals surface area contributed by atoms with Crippen LogP contribution in [0.25, 0.3) is 0 Å². The van der Waals surface area contributed by atoms with Crippen LogP contribution in [0.15, 0.2) is 4.99 Å². The minimum atomic E-state index is 0. The number of guanidine groups is 1. The van der Waals surface area contributed by atoms with Crippen LogP contribution in [-0.2, 0) is 4.74 Å². The Morgan fingerprint density at radius 2 is 2.18 bits per heavy atom. The van der Waals surface area contributed by atoms with E-state index in [-0.39, 0.29) is 30.1 Å². The molecule has 130 valence electrons. The van der Waals surface area contributed by atoms with Gasteiger partial charge in [0.1, 0.15) is 0 Å². The lowest BCUT2D eigenvalue weighted by Gasteiger charge is -2.39. The zero-order valence-corrected chi connectivity index (χ0v) is 17.4. The van der Waals surface area contributed by atoms with Crippen molar-refractivity contribution in [2.24, 2.45) is 4.99 Å². The van der Waals surface area contributed by atoms with E-state index in [9.17, 15) is 0 Å². The van der Waals surface area contributed by atoms with Crippen molar-refractivity contribution in [1.29, 1.82) is 0 Å². The molecule has 5 nitrogen and oxygen atoms in total. The third-order valence-electron chi connectivity index (χ3n) is 3.85. The maximum atomic E-state index is 5.81. The van der Waals surface area contributed by atoms with Gasteiger partial charge in [0.15, 0.2) is 5.96 Å². The average molecular weight is 442 g/mol. The second kappa shape index (κ2) is 9.54. The smallest absolute Gasteiger partial charge is 0.194 e. The van der Waals surface area contributed by atoms with E-state index in [1.54, 1.807) is 0 Å². The molecule has 0 aromatic rings. The van der Waals surface area contributed by atoms with E-state index in [2.05, 4.69) is 54.7 Å². The number of morpholine rings is 1. The van der Waals surface area contributed by atoms with Gasteiger partial charge in [0.05, 0.1) is 19.3 Å². The molecule has 0 aromatic carbocycles. The molecular formula is C15H31IN4OS. The molecule has 1 N–H and O–H groups in total. The highest BCUT2D eigenvalue weighted by Crippen LogP contribution is 2.29. The van der Waals surface area contributed by atoms with Gasteiger partial charge in [-0.15, -0.1) is 24.0 Å². The molecule has 7 heteroatoms. The summed E-state index contributed by atoms with van der Waals surface area (Å²) < 4.78 is 6.11. The molecule has 22 heavy (non-hydrogen) atoms. The van der Waals surface area contributed by atoms with E-state index in [0.717, 1.165) is 51.8 Å². The van der Waals surface area contributed by atoms with Crippen LogP contribution in [0.5, 0.6) is 0 Å². The Morgan fingerprint density at radius 3 is 2.82 bits per heavy atom. The van der Waals surface area contributed by atoms with Crippen LogP contribution in [-0.4, -0.2) is 85.3 Å². The molecule has 0 aromatic heterocycles. The Morgan fingerprint density at radius 1 is 1.41 bits per heavy atom.